The fourth-order valence-electron chi connectivity index (χ4n) is 4.49. The number of nitrogens with two attached hydrogens (primary N) is 1. The van der Waals surface area contributed by atoms with Gasteiger partial charge in [0.05, 0.1) is 12.1 Å². The highest BCUT2D eigenvalue weighted by Gasteiger charge is 2.45. The van der Waals surface area contributed by atoms with Crippen molar-refractivity contribution in [3.63, 3.8) is 0 Å². The maximum atomic E-state index is 12.8. The summed E-state index contributed by atoms with van der Waals surface area (Å²) in [5.41, 5.74) is 9.21. The normalized spacial score (nSPS) is 20.1. The number of hydrogen-bond donors (Lipinski definition) is 2. The quantitative estimate of drug-likeness (QED) is 0.523. The molecule has 2 aromatic rings. The average Bonchev–Trinajstić information content (AvgIpc) is 3.08. The number of carbonyl (C=O) groups is 1. The number of hydrogen-bond acceptors (Lipinski definition) is 4. The number of halogens is 3. The van der Waals surface area contributed by atoms with E-state index in [-0.39, 0.29) is 18.6 Å². The van der Waals surface area contributed by atoms with Crippen molar-refractivity contribution in [2.45, 2.75) is 43.8 Å². The third-order valence-electron chi connectivity index (χ3n) is 6.02. The number of rotatable bonds is 5. The molecule has 1 aliphatic heterocycles. The number of anilines is 1. The molecule has 0 saturated heterocycles. The van der Waals surface area contributed by atoms with Crippen LogP contribution in [0.15, 0.2) is 48.0 Å². The van der Waals surface area contributed by atoms with Crippen LogP contribution < -0.4 is 15.8 Å². The second-order valence-corrected chi connectivity index (χ2v) is 8.19. The Morgan fingerprint density at radius 1 is 1.19 bits per heavy atom. The molecule has 32 heavy (non-hydrogen) atoms. The lowest BCUT2D eigenvalue weighted by atomic mass is 9.78. The van der Waals surface area contributed by atoms with Gasteiger partial charge in [-0.3, -0.25) is 4.79 Å². The Balaban J connectivity index is 1.57. The van der Waals surface area contributed by atoms with Crippen molar-refractivity contribution in [2.24, 2.45) is 0 Å². The summed E-state index contributed by atoms with van der Waals surface area (Å²) in [7, 11) is 0. The first-order valence-electron chi connectivity index (χ1n) is 10.4. The van der Waals surface area contributed by atoms with Crippen molar-refractivity contribution in [3.8, 4) is 11.8 Å². The van der Waals surface area contributed by atoms with Crippen LogP contribution in [0.2, 0.25) is 0 Å². The van der Waals surface area contributed by atoms with Crippen LogP contribution in [-0.2, 0) is 16.8 Å². The smallest absolute Gasteiger partial charge is 0.389 e. The molecular formula is C24H22F3N3O2. The Hall–Kier alpha value is -3.47. The largest absolute Gasteiger partial charge is 0.494 e. The van der Waals surface area contributed by atoms with Crippen molar-refractivity contribution < 1.29 is 22.7 Å². The Kier molecular flexibility index (Phi) is 5.59. The summed E-state index contributed by atoms with van der Waals surface area (Å²) in [6.45, 7) is -0.0181. The molecule has 0 radical (unpaired) electrons. The van der Waals surface area contributed by atoms with Crippen LogP contribution in [0.25, 0.3) is 5.57 Å². The minimum Gasteiger partial charge on any atom is -0.494 e. The average molecular weight is 441 g/mol. The highest BCUT2D eigenvalue weighted by molar-refractivity contribution is 6.07. The number of nitrogens with zero attached hydrogens (tertiary/aromatic N) is 1. The molecule has 3 N–H and O–H groups in total. The number of aryl methyl sites for hydroxylation is 1. The predicted molar refractivity (Wildman–Crippen MR) is 113 cm³/mol. The van der Waals surface area contributed by atoms with Crippen LogP contribution in [0, 0.1) is 11.3 Å². The summed E-state index contributed by atoms with van der Waals surface area (Å²) in [4.78, 5) is 12.8. The topological polar surface area (TPSA) is 88.1 Å². The van der Waals surface area contributed by atoms with Gasteiger partial charge in [0.15, 0.2) is 0 Å². The van der Waals surface area contributed by atoms with Crippen molar-refractivity contribution >= 4 is 17.2 Å². The van der Waals surface area contributed by atoms with E-state index in [1.165, 1.54) is 0 Å². The Morgan fingerprint density at radius 3 is 2.62 bits per heavy atom. The maximum absolute atomic E-state index is 12.8. The summed E-state index contributed by atoms with van der Waals surface area (Å²) in [6, 6.07) is 14.5. The summed E-state index contributed by atoms with van der Waals surface area (Å²) in [5, 5.41) is 12.6. The predicted octanol–water partition coefficient (Wildman–Crippen LogP) is 4.63. The fourth-order valence-corrected chi connectivity index (χ4v) is 4.49. The molecule has 0 saturated carbocycles. The van der Waals surface area contributed by atoms with E-state index in [2.05, 4.69) is 5.32 Å². The van der Waals surface area contributed by atoms with Crippen molar-refractivity contribution in [1.29, 1.82) is 5.26 Å². The third-order valence-corrected chi connectivity index (χ3v) is 6.02. The van der Waals surface area contributed by atoms with E-state index in [4.69, 9.17) is 10.5 Å². The molecule has 0 fully saturated rings. The van der Waals surface area contributed by atoms with Gasteiger partial charge in [0, 0.05) is 18.5 Å². The van der Waals surface area contributed by atoms with Gasteiger partial charge < -0.3 is 15.8 Å². The van der Waals surface area contributed by atoms with Crippen LogP contribution in [0.5, 0.6) is 5.75 Å². The number of ether oxygens (including phenoxy) is 1. The number of amides is 1. The number of nitriles is 1. The first kappa shape index (κ1) is 21.8. The SMILES string of the molecule is N#CC1=C(c2ccc(N)cc2)CC2(CCc3cc(OCCCC(F)(F)F)ccc32)NC1=O. The fraction of sp³-hybridized carbons (Fsp3) is 0.333. The summed E-state index contributed by atoms with van der Waals surface area (Å²) in [6.07, 6.45) is -3.37. The van der Waals surface area contributed by atoms with Gasteiger partial charge in [-0.2, -0.15) is 18.4 Å². The standard InChI is InChI=1S/C24H22F3N3O2/c25-24(26,27)9-1-11-32-18-6-7-21-16(12-18)8-10-23(21)13-19(20(14-28)22(31)30-23)15-2-4-17(29)5-3-15/h2-7,12H,1,8-11,13,29H2,(H,30,31). The molecule has 1 spiro atoms. The second kappa shape index (κ2) is 8.23. The van der Waals surface area contributed by atoms with Crippen LogP contribution in [0.1, 0.15) is 42.4 Å². The van der Waals surface area contributed by atoms with Crippen LogP contribution >= 0.6 is 0 Å². The Morgan fingerprint density at radius 2 is 1.94 bits per heavy atom. The van der Waals surface area contributed by atoms with Gasteiger partial charge in [0.2, 0.25) is 0 Å². The van der Waals surface area contributed by atoms with Crippen LogP contribution in [0.3, 0.4) is 0 Å². The van der Waals surface area contributed by atoms with E-state index in [0.717, 1.165) is 16.7 Å². The molecule has 1 atom stereocenters. The molecule has 2 aromatic carbocycles. The highest BCUT2D eigenvalue weighted by Crippen LogP contribution is 2.47. The van der Waals surface area contributed by atoms with E-state index >= 15 is 0 Å². The highest BCUT2D eigenvalue weighted by atomic mass is 19.4. The van der Waals surface area contributed by atoms with Gasteiger partial charge in [0.1, 0.15) is 17.4 Å². The first-order valence-corrected chi connectivity index (χ1v) is 10.4. The van der Waals surface area contributed by atoms with Gasteiger partial charge >= 0.3 is 6.18 Å². The molecule has 2 aliphatic rings. The Bertz CT molecular complexity index is 1120. The maximum Gasteiger partial charge on any atom is 0.389 e. The lowest BCUT2D eigenvalue weighted by molar-refractivity contribution is -0.136. The summed E-state index contributed by atoms with van der Waals surface area (Å²) in [5.74, 6) is 0.100. The molecule has 1 aliphatic carbocycles. The molecule has 0 bridgehead atoms. The minimum absolute atomic E-state index is 0.0181. The lowest BCUT2D eigenvalue weighted by Gasteiger charge is -2.37. The first-order chi connectivity index (χ1) is 15.2. The third kappa shape index (κ3) is 4.28. The van der Waals surface area contributed by atoms with Crippen molar-refractivity contribution in [1.82, 2.24) is 5.32 Å². The molecule has 166 valence electrons. The van der Waals surface area contributed by atoms with Gasteiger partial charge in [-0.25, -0.2) is 0 Å². The number of carbonyl (C=O) groups excluding carboxylic acids is 1. The molecule has 1 unspecified atom stereocenters. The monoisotopic (exact) mass is 441 g/mol. The number of benzene rings is 2. The summed E-state index contributed by atoms with van der Waals surface area (Å²) >= 11 is 0. The molecule has 1 amide bonds. The zero-order valence-corrected chi connectivity index (χ0v) is 17.3. The van der Waals surface area contributed by atoms with Gasteiger partial charge in [0.25, 0.3) is 5.91 Å². The lowest BCUT2D eigenvalue weighted by Crippen LogP contribution is -2.48. The zero-order chi connectivity index (χ0) is 22.9. The molecule has 5 nitrogen and oxygen atoms in total. The van der Waals surface area contributed by atoms with Crippen LogP contribution in [-0.4, -0.2) is 18.7 Å². The van der Waals surface area contributed by atoms with Gasteiger partial charge in [-0.1, -0.05) is 18.2 Å². The molecule has 8 heteroatoms. The molecule has 4 rings (SSSR count). The van der Waals surface area contributed by atoms with Crippen molar-refractivity contribution in [3.05, 3.63) is 64.7 Å². The number of nitrogens with one attached hydrogen (secondary N) is 1. The van der Waals surface area contributed by atoms with Crippen LogP contribution in [0.4, 0.5) is 18.9 Å². The number of fused-ring (bicyclic) bond motifs is 2. The van der Waals surface area contributed by atoms with E-state index in [0.29, 0.717) is 36.3 Å². The van der Waals surface area contributed by atoms with E-state index in [1.54, 1.807) is 18.2 Å². The zero-order valence-electron chi connectivity index (χ0n) is 17.3. The van der Waals surface area contributed by atoms with Gasteiger partial charge in [-0.15, -0.1) is 0 Å². The Labute approximate surface area is 183 Å². The molecular weight excluding hydrogens is 419 g/mol. The molecule has 0 aromatic heterocycles. The number of alkyl halides is 3. The second-order valence-electron chi connectivity index (χ2n) is 8.19. The van der Waals surface area contributed by atoms with E-state index in [9.17, 15) is 23.2 Å². The molecule has 1 heterocycles. The van der Waals surface area contributed by atoms with E-state index in [1.807, 2.05) is 30.3 Å². The van der Waals surface area contributed by atoms with Crippen molar-refractivity contribution in [2.75, 3.05) is 12.3 Å². The minimum atomic E-state index is -4.19. The van der Waals surface area contributed by atoms with E-state index < -0.39 is 24.0 Å². The van der Waals surface area contributed by atoms with Gasteiger partial charge in [-0.05, 0) is 65.8 Å². The number of nitrogen functional groups attached to an aromatic ring is 1. The summed E-state index contributed by atoms with van der Waals surface area (Å²) < 4.78 is 42.4.